The molecule has 0 bridgehead atoms. The predicted octanol–water partition coefficient (Wildman–Crippen LogP) is 2.30. The SMILES string of the molecule is CC1CN(C(=O)c2ncoc2-c2ccc3c(c2)OCCO3)CCC1C(=O)O. The summed E-state index contributed by atoms with van der Waals surface area (Å²) < 4.78 is 16.6. The lowest BCUT2D eigenvalue weighted by Crippen LogP contribution is -2.45. The number of ether oxygens (including phenoxy) is 2. The lowest BCUT2D eigenvalue weighted by Gasteiger charge is -2.34. The summed E-state index contributed by atoms with van der Waals surface area (Å²) in [4.78, 5) is 30.0. The number of hydrogen-bond donors (Lipinski definition) is 1. The number of aromatic nitrogens is 1. The minimum atomic E-state index is -0.812. The topological polar surface area (TPSA) is 102 Å². The second kappa shape index (κ2) is 6.94. The molecular weight excluding hydrogens is 352 g/mol. The van der Waals surface area contributed by atoms with Crippen LogP contribution in [0.25, 0.3) is 11.3 Å². The van der Waals surface area contributed by atoms with Crippen LogP contribution in [-0.4, -0.2) is 53.2 Å². The Kier molecular flexibility index (Phi) is 4.47. The molecule has 3 heterocycles. The molecule has 1 amide bonds. The molecule has 0 radical (unpaired) electrons. The van der Waals surface area contributed by atoms with Crippen molar-refractivity contribution in [3.63, 3.8) is 0 Å². The van der Waals surface area contributed by atoms with Gasteiger partial charge in [-0.15, -0.1) is 0 Å². The van der Waals surface area contributed by atoms with E-state index in [1.165, 1.54) is 6.39 Å². The smallest absolute Gasteiger partial charge is 0.306 e. The molecule has 1 N–H and O–H groups in total. The fraction of sp³-hybridized carbons (Fsp3) is 0.421. The number of piperidine rings is 1. The van der Waals surface area contributed by atoms with Crippen LogP contribution < -0.4 is 9.47 Å². The van der Waals surface area contributed by atoms with E-state index in [0.717, 1.165) is 0 Å². The zero-order chi connectivity index (χ0) is 19.0. The monoisotopic (exact) mass is 372 g/mol. The van der Waals surface area contributed by atoms with Gasteiger partial charge in [-0.1, -0.05) is 6.92 Å². The van der Waals surface area contributed by atoms with Crippen LogP contribution in [0.5, 0.6) is 11.5 Å². The Balaban J connectivity index is 1.57. The number of carbonyl (C=O) groups excluding carboxylic acids is 1. The van der Waals surface area contributed by atoms with Gasteiger partial charge in [0, 0.05) is 18.7 Å². The highest BCUT2D eigenvalue weighted by Crippen LogP contribution is 2.36. The highest BCUT2D eigenvalue weighted by atomic mass is 16.6. The van der Waals surface area contributed by atoms with Crippen LogP contribution in [0.4, 0.5) is 0 Å². The molecule has 1 fully saturated rings. The Hall–Kier alpha value is -3.03. The quantitative estimate of drug-likeness (QED) is 0.882. The molecule has 142 valence electrons. The molecule has 1 saturated heterocycles. The van der Waals surface area contributed by atoms with Gasteiger partial charge in [-0.05, 0) is 30.5 Å². The van der Waals surface area contributed by atoms with Gasteiger partial charge in [0.1, 0.15) is 13.2 Å². The number of likely N-dealkylation sites (tertiary alicyclic amines) is 1. The highest BCUT2D eigenvalue weighted by Gasteiger charge is 2.35. The second-order valence-electron chi connectivity index (χ2n) is 6.85. The Bertz CT molecular complexity index is 877. The molecule has 4 rings (SSSR count). The molecule has 2 unspecified atom stereocenters. The van der Waals surface area contributed by atoms with Gasteiger partial charge in [0.15, 0.2) is 29.3 Å². The molecule has 0 aliphatic carbocycles. The average molecular weight is 372 g/mol. The van der Waals surface area contributed by atoms with E-state index in [1.54, 1.807) is 23.1 Å². The van der Waals surface area contributed by atoms with E-state index >= 15 is 0 Å². The van der Waals surface area contributed by atoms with E-state index in [-0.39, 0.29) is 17.5 Å². The standard InChI is InChI=1S/C19H20N2O6/c1-11-9-21(5-4-13(11)19(23)24)18(22)16-17(27-10-20-16)12-2-3-14-15(8-12)26-7-6-25-14/h2-3,8,10-11,13H,4-7,9H2,1H3,(H,23,24). The molecule has 2 aliphatic heterocycles. The van der Waals surface area contributed by atoms with Gasteiger partial charge in [-0.25, -0.2) is 4.98 Å². The van der Waals surface area contributed by atoms with Crippen molar-refractivity contribution < 1.29 is 28.6 Å². The number of amides is 1. The first-order chi connectivity index (χ1) is 13.0. The molecular formula is C19H20N2O6. The summed E-state index contributed by atoms with van der Waals surface area (Å²) in [7, 11) is 0. The third-order valence-corrected chi connectivity index (χ3v) is 5.08. The molecule has 2 aromatic rings. The van der Waals surface area contributed by atoms with E-state index in [2.05, 4.69) is 4.98 Å². The summed E-state index contributed by atoms with van der Waals surface area (Å²) in [6, 6.07) is 5.34. The lowest BCUT2D eigenvalue weighted by molar-refractivity contribution is -0.145. The fourth-order valence-corrected chi connectivity index (χ4v) is 3.63. The minimum absolute atomic E-state index is 0.121. The minimum Gasteiger partial charge on any atom is -0.486 e. The Morgan fingerprint density at radius 1 is 1.22 bits per heavy atom. The van der Waals surface area contributed by atoms with E-state index in [0.29, 0.717) is 55.5 Å². The van der Waals surface area contributed by atoms with Crippen molar-refractivity contribution in [2.45, 2.75) is 13.3 Å². The number of carbonyl (C=O) groups is 2. The van der Waals surface area contributed by atoms with E-state index < -0.39 is 11.9 Å². The van der Waals surface area contributed by atoms with Gasteiger partial charge in [-0.2, -0.15) is 0 Å². The molecule has 8 heteroatoms. The summed E-state index contributed by atoms with van der Waals surface area (Å²) in [5, 5.41) is 9.25. The number of aliphatic carboxylic acids is 1. The number of hydrogen-bond acceptors (Lipinski definition) is 6. The molecule has 1 aromatic heterocycles. The summed E-state index contributed by atoms with van der Waals surface area (Å²) >= 11 is 0. The molecule has 27 heavy (non-hydrogen) atoms. The van der Waals surface area contributed by atoms with Crippen molar-refractivity contribution in [1.82, 2.24) is 9.88 Å². The molecule has 2 aliphatic rings. The molecule has 2 atom stereocenters. The Labute approximate surface area is 155 Å². The van der Waals surface area contributed by atoms with Crippen molar-refractivity contribution in [1.29, 1.82) is 0 Å². The molecule has 8 nitrogen and oxygen atoms in total. The van der Waals surface area contributed by atoms with Crippen molar-refractivity contribution in [3.05, 3.63) is 30.3 Å². The number of benzene rings is 1. The van der Waals surface area contributed by atoms with Crippen LogP contribution in [0.2, 0.25) is 0 Å². The van der Waals surface area contributed by atoms with Crippen LogP contribution in [0.3, 0.4) is 0 Å². The van der Waals surface area contributed by atoms with Crippen LogP contribution in [0.15, 0.2) is 29.0 Å². The first-order valence-corrected chi connectivity index (χ1v) is 8.90. The normalized spacial score (nSPS) is 21.7. The van der Waals surface area contributed by atoms with Crippen LogP contribution in [0.1, 0.15) is 23.8 Å². The summed E-state index contributed by atoms with van der Waals surface area (Å²) in [6.07, 6.45) is 1.67. The van der Waals surface area contributed by atoms with Gasteiger partial charge in [0.05, 0.1) is 5.92 Å². The zero-order valence-electron chi connectivity index (χ0n) is 14.9. The first kappa shape index (κ1) is 17.4. The van der Waals surface area contributed by atoms with Crippen LogP contribution in [0, 0.1) is 11.8 Å². The fourth-order valence-electron chi connectivity index (χ4n) is 3.63. The van der Waals surface area contributed by atoms with Crippen molar-refractivity contribution in [3.8, 4) is 22.8 Å². The first-order valence-electron chi connectivity index (χ1n) is 8.90. The number of fused-ring (bicyclic) bond motifs is 1. The maximum absolute atomic E-state index is 13.0. The number of nitrogens with zero attached hydrogens (tertiary/aromatic N) is 2. The second-order valence-corrected chi connectivity index (χ2v) is 6.85. The molecule has 1 aromatic carbocycles. The van der Waals surface area contributed by atoms with Gasteiger partial charge >= 0.3 is 5.97 Å². The summed E-state index contributed by atoms with van der Waals surface area (Å²) in [5.41, 5.74) is 0.890. The van der Waals surface area contributed by atoms with Crippen LogP contribution >= 0.6 is 0 Å². The number of oxazole rings is 1. The molecule has 0 saturated carbocycles. The zero-order valence-corrected chi connectivity index (χ0v) is 14.9. The van der Waals surface area contributed by atoms with Crippen molar-refractivity contribution in [2.75, 3.05) is 26.3 Å². The van der Waals surface area contributed by atoms with Gasteiger partial charge in [0.2, 0.25) is 0 Å². The Morgan fingerprint density at radius 2 is 2.00 bits per heavy atom. The van der Waals surface area contributed by atoms with Gasteiger partial charge in [-0.3, -0.25) is 9.59 Å². The average Bonchev–Trinajstić information content (AvgIpc) is 3.16. The van der Waals surface area contributed by atoms with E-state index in [9.17, 15) is 14.7 Å². The number of carboxylic acids is 1. The van der Waals surface area contributed by atoms with E-state index in [4.69, 9.17) is 13.9 Å². The van der Waals surface area contributed by atoms with Crippen molar-refractivity contribution >= 4 is 11.9 Å². The third kappa shape index (κ3) is 3.22. The van der Waals surface area contributed by atoms with Gasteiger partial charge < -0.3 is 23.9 Å². The number of carboxylic acid groups (broad SMARTS) is 1. The lowest BCUT2D eigenvalue weighted by atomic mass is 9.87. The number of rotatable bonds is 3. The Morgan fingerprint density at radius 3 is 2.74 bits per heavy atom. The van der Waals surface area contributed by atoms with Crippen molar-refractivity contribution in [2.24, 2.45) is 11.8 Å². The maximum Gasteiger partial charge on any atom is 0.306 e. The van der Waals surface area contributed by atoms with Crippen LogP contribution in [-0.2, 0) is 4.79 Å². The summed E-state index contributed by atoms with van der Waals surface area (Å²) in [5.74, 6) is 0.00202. The third-order valence-electron chi connectivity index (χ3n) is 5.08. The predicted molar refractivity (Wildman–Crippen MR) is 93.7 cm³/mol. The maximum atomic E-state index is 13.0. The van der Waals surface area contributed by atoms with Gasteiger partial charge in [0.25, 0.3) is 5.91 Å². The molecule has 0 spiro atoms. The van der Waals surface area contributed by atoms with E-state index in [1.807, 2.05) is 6.92 Å². The largest absolute Gasteiger partial charge is 0.486 e. The highest BCUT2D eigenvalue weighted by molar-refractivity contribution is 5.98. The summed E-state index contributed by atoms with van der Waals surface area (Å²) in [6.45, 7) is 3.58.